The third kappa shape index (κ3) is 22.7. The first-order valence-corrected chi connectivity index (χ1v) is 0. The second kappa shape index (κ2) is 34.9. The van der Waals surface area contributed by atoms with Gasteiger partial charge in [0.2, 0.25) is 0 Å². The summed E-state index contributed by atoms with van der Waals surface area (Å²) in [6.07, 6.45) is 0. The first-order valence-electron chi connectivity index (χ1n) is 0. The molecule has 0 aromatic carbocycles. The van der Waals surface area contributed by atoms with Gasteiger partial charge in [-0.2, -0.15) is 0 Å². The average Bonchev–Trinajstić information content (AvgIpc) is 0. The molecule has 16 valence electrons. The topological polar surface area (TPSA) is 57.0 Å². The fourth-order valence-electron chi connectivity index (χ4n) is 0. The molecule has 0 amide bonds. The van der Waals surface area contributed by atoms with Crippen LogP contribution in [-0.4, -0.2) is 48.9 Å². The first kappa shape index (κ1) is 57.7. The fraction of sp³-hybridized carbons (Fsp3) is 0. The van der Waals surface area contributed by atoms with E-state index in [-0.39, 0.29) is 79.3 Å². The van der Waals surface area contributed by atoms with E-state index in [9.17, 15) is 0 Å². The van der Waals surface area contributed by atoms with E-state index in [1.165, 1.54) is 0 Å². The van der Waals surface area contributed by atoms with Gasteiger partial charge < -0.3 is 11.0 Å². The molecule has 0 radical (unpaired) electrons. The molecule has 0 rings (SSSR count). The summed E-state index contributed by atoms with van der Waals surface area (Å²) in [5.41, 5.74) is 0. The maximum atomic E-state index is 0. The Bertz CT molecular complexity index is 9.61. The minimum absolute atomic E-state index is 0. The molecule has 5 heteroatoms. The van der Waals surface area contributed by atoms with Crippen LogP contribution in [0.25, 0.3) is 0 Å². The third-order valence-electron chi connectivity index (χ3n) is 0. The van der Waals surface area contributed by atoms with Crippen molar-refractivity contribution in [1.82, 2.24) is 0 Å². The van der Waals surface area contributed by atoms with Gasteiger partial charge in [-0.25, -0.2) is 0 Å². The van der Waals surface area contributed by atoms with Crippen LogP contribution in [0.5, 0.6) is 0 Å². The van der Waals surface area contributed by atoms with Crippen LogP contribution in [0.2, 0.25) is 0 Å². The molecule has 0 aromatic rings. The number of hydrogen-bond donors (Lipinski definition) is 0. The normalized spacial score (nSPS) is 0. The first-order chi connectivity index (χ1) is 0. The van der Waals surface area contributed by atoms with Crippen LogP contribution in [0.4, 0.5) is 0 Å². The zero-order valence-corrected chi connectivity index (χ0v) is 10.5. The van der Waals surface area contributed by atoms with Crippen molar-refractivity contribution >= 4 is 48.9 Å². The Kier molecular flexibility index (Phi) is 403. The van der Waals surface area contributed by atoms with E-state index >= 15 is 0 Å². The van der Waals surface area contributed by atoms with E-state index in [1.807, 2.05) is 0 Å². The van der Waals surface area contributed by atoms with Gasteiger partial charge in [-0.1, -0.05) is 0 Å². The van der Waals surface area contributed by atoms with Crippen molar-refractivity contribution in [2.45, 2.75) is 0 Å². The number of hydrogen-bond acceptors (Lipinski definition) is 0. The van der Waals surface area contributed by atoms with Crippen molar-refractivity contribution in [2.75, 3.05) is 0 Å². The van der Waals surface area contributed by atoms with Crippen molar-refractivity contribution < 1.29 is 30.4 Å². The minimum Gasteiger partial charge on any atom is -2.00 e. The molecule has 0 heterocycles. The minimum atomic E-state index is 0. The molecule has 0 saturated heterocycles. The molecule has 0 aliphatic carbocycles. The van der Waals surface area contributed by atoms with Crippen molar-refractivity contribution in [2.24, 2.45) is 0 Å². The Morgan fingerprint density at radius 1 is 0.800 bits per heavy atom. The van der Waals surface area contributed by atoms with E-state index in [1.54, 1.807) is 0 Å². The average molecular weight is 237 g/mol. The molecule has 0 fully saturated rings. The molecule has 0 N–H and O–H groups in total. The summed E-state index contributed by atoms with van der Waals surface area (Å²) in [7, 11) is 0. The van der Waals surface area contributed by atoms with Crippen LogP contribution in [0, 0.1) is 0 Å². The van der Waals surface area contributed by atoms with Gasteiger partial charge in [0.05, 0.1) is 0 Å². The van der Waals surface area contributed by atoms with Gasteiger partial charge in [0.15, 0.2) is 0 Å². The van der Waals surface area contributed by atoms with Crippen LogP contribution in [0.1, 0.15) is 0 Å². The van der Waals surface area contributed by atoms with Crippen molar-refractivity contribution in [3.05, 3.63) is 0 Å². The van der Waals surface area contributed by atoms with E-state index in [0.717, 1.165) is 0 Å². The molecule has 0 aromatic heterocycles. The van der Waals surface area contributed by atoms with Crippen molar-refractivity contribution in [1.29, 1.82) is 0 Å². The molecular formula is InMgO2Zn+3. The molecule has 0 spiro atoms. The second-order valence-electron chi connectivity index (χ2n) is 0. The van der Waals surface area contributed by atoms with Crippen LogP contribution >= 0.6 is 0 Å². The summed E-state index contributed by atoms with van der Waals surface area (Å²) in [6.45, 7) is 0. The molecule has 0 aliphatic heterocycles. The van der Waals surface area contributed by atoms with E-state index in [0.29, 0.717) is 0 Å². The van der Waals surface area contributed by atoms with Gasteiger partial charge in [-0.05, 0) is 0 Å². The van der Waals surface area contributed by atoms with Gasteiger partial charge in [-0.15, -0.1) is 0 Å². The van der Waals surface area contributed by atoms with Gasteiger partial charge in [0, 0.05) is 0 Å². The molecule has 0 aliphatic rings. The van der Waals surface area contributed by atoms with Crippen LogP contribution in [0.3, 0.4) is 0 Å². The Labute approximate surface area is 78.4 Å². The summed E-state index contributed by atoms with van der Waals surface area (Å²) in [4.78, 5) is 0. The molecule has 0 atom stereocenters. The van der Waals surface area contributed by atoms with Crippen molar-refractivity contribution in [3.8, 4) is 0 Å². The maximum absolute atomic E-state index is 0. The predicted molar refractivity (Wildman–Crippen MR) is 12.9 cm³/mol. The molecular weight excluding hydrogens is 237 g/mol. The quantitative estimate of drug-likeness (QED) is 0.485. The fourth-order valence-corrected chi connectivity index (χ4v) is 0. The second-order valence-corrected chi connectivity index (χ2v) is 0. The molecule has 2 nitrogen and oxygen atoms in total. The standard InChI is InChI=1S/In.Mg.2O.Zn/q+3;+2;2*-2;+2. The summed E-state index contributed by atoms with van der Waals surface area (Å²) >= 11 is 0. The zero-order valence-electron chi connectivity index (χ0n) is 2.81. The Hall–Kier alpha value is 2.18. The Balaban J connectivity index is 0. The maximum Gasteiger partial charge on any atom is 3.00 e. The van der Waals surface area contributed by atoms with Crippen LogP contribution in [0.15, 0.2) is 0 Å². The van der Waals surface area contributed by atoms with E-state index < -0.39 is 0 Å². The summed E-state index contributed by atoms with van der Waals surface area (Å²) in [5.74, 6) is 0. The number of rotatable bonds is 0. The van der Waals surface area contributed by atoms with Crippen LogP contribution < -0.4 is 0 Å². The van der Waals surface area contributed by atoms with Crippen molar-refractivity contribution in [3.63, 3.8) is 0 Å². The smallest absolute Gasteiger partial charge is 2.00 e. The summed E-state index contributed by atoms with van der Waals surface area (Å²) in [6, 6.07) is 0. The van der Waals surface area contributed by atoms with E-state index in [2.05, 4.69) is 0 Å². The zero-order chi connectivity index (χ0) is 0. The largest absolute Gasteiger partial charge is 3.00 e. The third-order valence-corrected chi connectivity index (χ3v) is 0. The van der Waals surface area contributed by atoms with Crippen LogP contribution in [-0.2, 0) is 30.4 Å². The molecule has 0 saturated carbocycles. The van der Waals surface area contributed by atoms with Gasteiger partial charge in [0.1, 0.15) is 0 Å². The van der Waals surface area contributed by atoms with E-state index in [4.69, 9.17) is 0 Å². The van der Waals surface area contributed by atoms with Gasteiger partial charge >= 0.3 is 68.4 Å². The summed E-state index contributed by atoms with van der Waals surface area (Å²) < 4.78 is 0. The Morgan fingerprint density at radius 3 is 0.800 bits per heavy atom. The van der Waals surface area contributed by atoms with Gasteiger partial charge in [-0.3, -0.25) is 0 Å². The Morgan fingerprint density at radius 2 is 0.800 bits per heavy atom. The SMILES string of the molecule is [In+3].[Mg+2].[O-2].[O-2].[Zn+2]. The van der Waals surface area contributed by atoms with Gasteiger partial charge in [0.25, 0.3) is 0 Å². The molecule has 5 heavy (non-hydrogen) atoms. The predicted octanol–water partition coefficient (Wildman–Crippen LogP) is -1.00. The molecule has 0 bridgehead atoms. The monoisotopic (exact) mass is 235 g/mol. The summed E-state index contributed by atoms with van der Waals surface area (Å²) in [5, 5.41) is 0. The molecule has 0 unspecified atom stereocenters.